The Balaban J connectivity index is 1.80. The Morgan fingerprint density at radius 3 is 3.26 bits per heavy atom. The van der Waals surface area contributed by atoms with Crippen molar-refractivity contribution in [2.75, 3.05) is 19.6 Å². The zero-order chi connectivity index (χ0) is 13.2. The van der Waals surface area contributed by atoms with Gasteiger partial charge in [0.25, 0.3) is 5.91 Å². The number of piperazine rings is 1. The Labute approximate surface area is 115 Å². The van der Waals surface area contributed by atoms with Crippen molar-refractivity contribution in [1.82, 2.24) is 15.2 Å². The molecule has 0 radical (unpaired) electrons. The molecule has 1 aliphatic heterocycles. The highest BCUT2D eigenvalue weighted by molar-refractivity contribution is 7.13. The molecule has 0 aliphatic carbocycles. The molecule has 0 bridgehead atoms. The lowest BCUT2D eigenvalue weighted by Gasteiger charge is -2.33. The Morgan fingerprint density at radius 1 is 1.63 bits per heavy atom. The molecule has 3 heterocycles. The molecule has 5 nitrogen and oxygen atoms in total. The first kappa shape index (κ1) is 12.4. The number of thiazole rings is 1. The minimum absolute atomic E-state index is 0.0139. The molecule has 2 aromatic rings. The molecule has 1 N–H and O–H groups in total. The second kappa shape index (κ2) is 5.14. The van der Waals surface area contributed by atoms with Gasteiger partial charge < -0.3 is 14.6 Å². The van der Waals surface area contributed by atoms with E-state index in [0.29, 0.717) is 5.69 Å². The summed E-state index contributed by atoms with van der Waals surface area (Å²) in [6.45, 7) is 4.46. The molecule has 0 aromatic carbocycles. The third-order valence-electron chi connectivity index (χ3n) is 3.25. The van der Waals surface area contributed by atoms with Gasteiger partial charge in [-0.3, -0.25) is 4.79 Å². The van der Waals surface area contributed by atoms with Crippen LogP contribution in [0, 0.1) is 0 Å². The number of hydrogen-bond donors (Lipinski definition) is 1. The summed E-state index contributed by atoms with van der Waals surface area (Å²) in [5, 5.41) is 5.91. The molecule has 6 heteroatoms. The normalized spacial score (nSPS) is 19.6. The summed E-state index contributed by atoms with van der Waals surface area (Å²) < 4.78 is 5.04. The molecule has 1 atom stereocenters. The number of hydrogen-bond acceptors (Lipinski definition) is 5. The number of rotatable bonds is 2. The van der Waals surface area contributed by atoms with Crippen LogP contribution in [0.15, 0.2) is 28.4 Å². The van der Waals surface area contributed by atoms with E-state index in [-0.39, 0.29) is 11.9 Å². The summed E-state index contributed by atoms with van der Waals surface area (Å²) in [6.07, 6.45) is 3.25. The van der Waals surface area contributed by atoms with Crippen LogP contribution in [0.5, 0.6) is 0 Å². The number of nitrogens with zero attached hydrogens (tertiary/aromatic N) is 2. The maximum absolute atomic E-state index is 12.4. The summed E-state index contributed by atoms with van der Waals surface area (Å²) in [5.41, 5.74) is 1.44. The summed E-state index contributed by atoms with van der Waals surface area (Å²) in [4.78, 5) is 18.7. The van der Waals surface area contributed by atoms with E-state index in [0.717, 1.165) is 30.2 Å². The maximum Gasteiger partial charge on any atom is 0.273 e. The molecular weight excluding hydrogens is 262 g/mol. The number of amides is 1. The van der Waals surface area contributed by atoms with Crippen molar-refractivity contribution >= 4 is 17.2 Å². The highest BCUT2D eigenvalue weighted by atomic mass is 32.1. The first-order valence-electron chi connectivity index (χ1n) is 6.25. The molecule has 2 aromatic heterocycles. The minimum atomic E-state index is 0.0139. The van der Waals surface area contributed by atoms with Crippen LogP contribution in [0.1, 0.15) is 17.4 Å². The van der Waals surface area contributed by atoms with E-state index in [4.69, 9.17) is 4.42 Å². The summed E-state index contributed by atoms with van der Waals surface area (Å²) in [5.74, 6) is 0.0139. The molecule has 1 fully saturated rings. The first-order chi connectivity index (χ1) is 9.25. The molecular formula is C13H15N3O2S. The van der Waals surface area contributed by atoms with Gasteiger partial charge in [0.15, 0.2) is 0 Å². The average molecular weight is 277 g/mol. The van der Waals surface area contributed by atoms with Gasteiger partial charge in [-0.05, 0) is 13.0 Å². The molecule has 1 saturated heterocycles. The van der Waals surface area contributed by atoms with Crippen molar-refractivity contribution in [1.29, 1.82) is 0 Å². The molecule has 1 unspecified atom stereocenters. The fourth-order valence-corrected chi connectivity index (χ4v) is 2.96. The van der Waals surface area contributed by atoms with Crippen LogP contribution in [-0.4, -0.2) is 41.5 Å². The SMILES string of the molecule is CC1CNCCN1C(=O)c1csc(-c2ccoc2)n1. The van der Waals surface area contributed by atoms with Crippen molar-refractivity contribution in [3.8, 4) is 10.6 Å². The Kier molecular flexibility index (Phi) is 3.35. The number of nitrogens with one attached hydrogen (secondary N) is 1. The van der Waals surface area contributed by atoms with E-state index in [2.05, 4.69) is 10.3 Å². The number of furan rings is 1. The zero-order valence-electron chi connectivity index (χ0n) is 10.6. The summed E-state index contributed by atoms with van der Waals surface area (Å²) in [7, 11) is 0. The Bertz CT molecular complexity index is 564. The van der Waals surface area contributed by atoms with E-state index in [9.17, 15) is 4.79 Å². The van der Waals surface area contributed by atoms with Gasteiger partial charge in [0, 0.05) is 36.6 Å². The Hall–Kier alpha value is -1.66. The van der Waals surface area contributed by atoms with Gasteiger partial charge in [0.2, 0.25) is 0 Å². The molecule has 0 spiro atoms. The molecule has 1 amide bonds. The lowest BCUT2D eigenvalue weighted by Crippen LogP contribution is -2.52. The molecule has 100 valence electrons. The van der Waals surface area contributed by atoms with E-state index in [1.54, 1.807) is 12.5 Å². The second-order valence-corrected chi connectivity index (χ2v) is 5.46. The van der Waals surface area contributed by atoms with Gasteiger partial charge in [0.1, 0.15) is 17.0 Å². The number of aromatic nitrogens is 1. The lowest BCUT2D eigenvalue weighted by atomic mass is 10.2. The van der Waals surface area contributed by atoms with E-state index in [1.807, 2.05) is 23.3 Å². The predicted molar refractivity (Wildman–Crippen MR) is 73.2 cm³/mol. The van der Waals surface area contributed by atoms with Crippen LogP contribution in [0.25, 0.3) is 10.6 Å². The highest BCUT2D eigenvalue weighted by Gasteiger charge is 2.25. The number of carbonyl (C=O) groups is 1. The van der Waals surface area contributed by atoms with Crippen molar-refractivity contribution < 1.29 is 9.21 Å². The summed E-state index contributed by atoms with van der Waals surface area (Å²) >= 11 is 1.47. The van der Waals surface area contributed by atoms with Crippen LogP contribution in [0.2, 0.25) is 0 Å². The quantitative estimate of drug-likeness (QED) is 0.910. The number of carbonyl (C=O) groups excluding carboxylic acids is 1. The van der Waals surface area contributed by atoms with E-state index < -0.39 is 0 Å². The lowest BCUT2D eigenvalue weighted by molar-refractivity contribution is 0.0650. The molecule has 3 rings (SSSR count). The van der Waals surface area contributed by atoms with Crippen LogP contribution in [0.3, 0.4) is 0 Å². The maximum atomic E-state index is 12.4. The average Bonchev–Trinajstić information content (AvgIpc) is 3.09. The smallest absolute Gasteiger partial charge is 0.273 e. The minimum Gasteiger partial charge on any atom is -0.472 e. The van der Waals surface area contributed by atoms with Crippen LogP contribution < -0.4 is 5.32 Å². The van der Waals surface area contributed by atoms with Crippen molar-refractivity contribution in [3.05, 3.63) is 29.7 Å². The third kappa shape index (κ3) is 2.41. The van der Waals surface area contributed by atoms with Crippen molar-refractivity contribution in [2.24, 2.45) is 0 Å². The molecule has 1 aliphatic rings. The first-order valence-corrected chi connectivity index (χ1v) is 7.13. The van der Waals surface area contributed by atoms with Crippen LogP contribution in [0.4, 0.5) is 0 Å². The zero-order valence-corrected chi connectivity index (χ0v) is 11.4. The van der Waals surface area contributed by atoms with E-state index >= 15 is 0 Å². The van der Waals surface area contributed by atoms with Gasteiger partial charge >= 0.3 is 0 Å². The predicted octanol–water partition coefficient (Wildman–Crippen LogP) is 1.84. The van der Waals surface area contributed by atoms with Gasteiger partial charge in [-0.25, -0.2) is 4.98 Å². The largest absolute Gasteiger partial charge is 0.472 e. The molecule has 19 heavy (non-hydrogen) atoms. The fraction of sp³-hybridized carbons (Fsp3) is 0.385. The van der Waals surface area contributed by atoms with Crippen LogP contribution in [-0.2, 0) is 0 Å². The monoisotopic (exact) mass is 277 g/mol. The third-order valence-corrected chi connectivity index (χ3v) is 4.14. The van der Waals surface area contributed by atoms with Gasteiger partial charge in [-0.15, -0.1) is 11.3 Å². The Morgan fingerprint density at radius 2 is 2.53 bits per heavy atom. The van der Waals surface area contributed by atoms with E-state index in [1.165, 1.54) is 11.3 Å². The van der Waals surface area contributed by atoms with Crippen LogP contribution >= 0.6 is 11.3 Å². The second-order valence-electron chi connectivity index (χ2n) is 4.60. The van der Waals surface area contributed by atoms with Gasteiger partial charge in [-0.2, -0.15) is 0 Å². The van der Waals surface area contributed by atoms with Gasteiger partial charge in [0.05, 0.1) is 6.26 Å². The van der Waals surface area contributed by atoms with Crippen molar-refractivity contribution in [3.63, 3.8) is 0 Å². The summed E-state index contributed by atoms with van der Waals surface area (Å²) in [6, 6.07) is 2.06. The topological polar surface area (TPSA) is 58.4 Å². The highest BCUT2D eigenvalue weighted by Crippen LogP contribution is 2.24. The standard InChI is InChI=1S/C13H15N3O2S/c1-9-6-14-3-4-16(9)13(17)11-8-19-12(15-11)10-2-5-18-7-10/h2,5,7-9,14H,3-4,6H2,1H3. The fourth-order valence-electron chi connectivity index (χ4n) is 2.18. The van der Waals surface area contributed by atoms with Gasteiger partial charge in [-0.1, -0.05) is 0 Å². The van der Waals surface area contributed by atoms with Crippen molar-refractivity contribution in [2.45, 2.75) is 13.0 Å². The molecule has 0 saturated carbocycles.